The molecule has 3 nitrogen and oxygen atoms in total. The van der Waals surface area contributed by atoms with Crippen LogP contribution >= 0.6 is 15.9 Å². The molecule has 1 rings (SSSR count). The van der Waals surface area contributed by atoms with Gasteiger partial charge in [-0.1, -0.05) is 0 Å². The molecule has 1 aromatic heterocycles. The first-order valence-electron chi connectivity index (χ1n) is 4.16. The SMILES string of the molecule is CNC(C)Cn1cc(Br)ccc1=O. The van der Waals surface area contributed by atoms with Gasteiger partial charge in [0, 0.05) is 29.3 Å². The van der Waals surface area contributed by atoms with Gasteiger partial charge in [0.05, 0.1) is 0 Å². The lowest BCUT2D eigenvalue weighted by Crippen LogP contribution is -2.31. The van der Waals surface area contributed by atoms with Crippen molar-refractivity contribution < 1.29 is 0 Å². The molecule has 0 bridgehead atoms. The summed E-state index contributed by atoms with van der Waals surface area (Å²) in [4.78, 5) is 11.3. The third-order valence-electron chi connectivity index (χ3n) is 1.91. The molecule has 0 radical (unpaired) electrons. The van der Waals surface area contributed by atoms with E-state index in [0.717, 1.165) is 4.47 Å². The van der Waals surface area contributed by atoms with Gasteiger partial charge in [-0.05, 0) is 36.0 Å². The monoisotopic (exact) mass is 244 g/mol. The number of rotatable bonds is 3. The molecule has 4 heteroatoms. The van der Waals surface area contributed by atoms with Gasteiger partial charge in [0.15, 0.2) is 0 Å². The van der Waals surface area contributed by atoms with Crippen LogP contribution in [0.4, 0.5) is 0 Å². The summed E-state index contributed by atoms with van der Waals surface area (Å²) in [6, 6.07) is 3.61. The van der Waals surface area contributed by atoms with Crippen LogP contribution in [0.15, 0.2) is 27.6 Å². The molecule has 1 unspecified atom stereocenters. The second kappa shape index (κ2) is 4.58. The van der Waals surface area contributed by atoms with E-state index in [1.807, 2.05) is 14.0 Å². The van der Waals surface area contributed by atoms with Crippen molar-refractivity contribution in [1.29, 1.82) is 0 Å². The summed E-state index contributed by atoms with van der Waals surface area (Å²) < 4.78 is 2.61. The Morgan fingerprint density at radius 2 is 2.31 bits per heavy atom. The Hall–Kier alpha value is -0.610. The predicted octanol–water partition coefficient (Wildman–Crippen LogP) is 1.22. The Kier molecular flexibility index (Phi) is 3.69. The lowest BCUT2D eigenvalue weighted by Gasteiger charge is -2.12. The summed E-state index contributed by atoms with van der Waals surface area (Å²) >= 11 is 3.33. The van der Waals surface area contributed by atoms with E-state index >= 15 is 0 Å². The second-order valence-electron chi connectivity index (χ2n) is 3.03. The van der Waals surface area contributed by atoms with Crippen molar-refractivity contribution in [3.63, 3.8) is 0 Å². The molecule has 1 heterocycles. The van der Waals surface area contributed by atoms with Crippen molar-refractivity contribution in [3.8, 4) is 0 Å². The van der Waals surface area contributed by atoms with Crippen molar-refractivity contribution in [2.24, 2.45) is 0 Å². The van der Waals surface area contributed by atoms with Gasteiger partial charge in [0.2, 0.25) is 0 Å². The molecule has 0 saturated heterocycles. The third kappa shape index (κ3) is 2.97. The highest BCUT2D eigenvalue weighted by Crippen LogP contribution is 2.04. The molecular weight excluding hydrogens is 232 g/mol. The van der Waals surface area contributed by atoms with Crippen LogP contribution in [0.2, 0.25) is 0 Å². The zero-order chi connectivity index (χ0) is 9.84. The van der Waals surface area contributed by atoms with Crippen LogP contribution in [0, 0.1) is 0 Å². The number of nitrogens with zero attached hydrogens (tertiary/aromatic N) is 1. The van der Waals surface area contributed by atoms with Crippen LogP contribution in [0.3, 0.4) is 0 Å². The van der Waals surface area contributed by atoms with Gasteiger partial charge in [-0.15, -0.1) is 0 Å². The highest BCUT2D eigenvalue weighted by atomic mass is 79.9. The molecular formula is C9H13BrN2O. The molecule has 0 saturated carbocycles. The van der Waals surface area contributed by atoms with Crippen molar-refractivity contribution in [2.45, 2.75) is 19.5 Å². The first kappa shape index (κ1) is 10.5. The fraction of sp³-hybridized carbons (Fsp3) is 0.444. The molecule has 13 heavy (non-hydrogen) atoms. The lowest BCUT2D eigenvalue weighted by atomic mass is 10.3. The number of pyridine rings is 1. The number of halogens is 1. The van der Waals surface area contributed by atoms with E-state index in [-0.39, 0.29) is 5.56 Å². The molecule has 0 aromatic carbocycles. The van der Waals surface area contributed by atoms with Gasteiger partial charge >= 0.3 is 0 Å². The fourth-order valence-electron chi connectivity index (χ4n) is 1.03. The van der Waals surface area contributed by atoms with E-state index in [4.69, 9.17) is 0 Å². The van der Waals surface area contributed by atoms with E-state index in [0.29, 0.717) is 12.6 Å². The Morgan fingerprint density at radius 3 is 2.92 bits per heavy atom. The van der Waals surface area contributed by atoms with Gasteiger partial charge in [0.25, 0.3) is 5.56 Å². The fourth-order valence-corrected chi connectivity index (χ4v) is 1.41. The summed E-state index contributed by atoms with van der Waals surface area (Å²) in [5.41, 5.74) is 0.0327. The zero-order valence-corrected chi connectivity index (χ0v) is 9.34. The molecule has 1 N–H and O–H groups in total. The summed E-state index contributed by atoms with van der Waals surface area (Å²) in [6.45, 7) is 2.72. The molecule has 0 aliphatic carbocycles. The van der Waals surface area contributed by atoms with Gasteiger partial charge in [0.1, 0.15) is 0 Å². The maximum Gasteiger partial charge on any atom is 0.250 e. The minimum Gasteiger partial charge on any atom is -0.315 e. The molecule has 0 aliphatic rings. The minimum atomic E-state index is 0.0327. The quantitative estimate of drug-likeness (QED) is 0.868. The average molecular weight is 245 g/mol. The molecule has 0 aliphatic heterocycles. The van der Waals surface area contributed by atoms with E-state index in [2.05, 4.69) is 21.2 Å². The lowest BCUT2D eigenvalue weighted by molar-refractivity contribution is 0.504. The van der Waals surface area contributed by atoms with E-state index in [1.54, 1.807) is 22.9 Å². The summed E-state index contributed by atoms with van der Waals surface area (Å²) in [5, 5.41) is 3.09. The summed E-state index contributed by atoms with van der Waals surface area (Å²) in [5.74, 6) is 0. The molecule has 72 valence electrons. The van der Waals surface area contributed by atoms with Crippen LogP contribution < -0.4 is 10.9 Å². The van der Waals surface area contributed by atoms with Gasteiger partial charge in [-0.2, -0.15) is 0 Å². The Morgan fingerprint density at radius 1 is 1.62 bits per heavy atom. The predicted molar refractivity (Wildman–Crippen MR) is 56.9 cm³/mol. The highest BCUT2D eigenvalue weighted by Gasteiger charge is 2.01. The number of hydrogen-bond donors (Lipinski definition) is 1. The van der Waals surface area contributed by atoms with Gasteiger partial charge in [-0.3, -0.25) is 4.79 Å². The largest absolute Gasteiger partial charge is 0.315 e. The first-order valence-corrected chi connectivity index (χ1v) is 4.96. The Balaban J connectivity index is 2.87. The third-order valence-corrected chi connectivity index (χ3v) is 2.38. The molecule has 0 fully saturated rings. The number of nitrogens with one attached hydrogen (secondary N) is 1. The summed E-state index contributed by atoms with van der Waals surface area (Å²) in [6.07, 6.45) is 1.80. The normalized spacial score (nSPS) is 12.8. The highest BCUT2D eigenvalue weighted by molar-refractivity contribution is 9.10. The number of hydrogen-bond acceptors (Lipinski definition) is 2. The Labute approximate surface area is 85.9 Å². The van der Waals surface area contributed by atoms with Crippen molar-refractivity contribution >= 4 is 15.9 Å². The standard InChI is InChI=1S/C9H13BrN2O/c1-7(11-2)5-12-6-8(10)3-4-9(12)13/h3-4,6-7,11H,5H2,1-2H3. The van der Waals surface area contributed by atoms with Crippen LogP contribution in [0.5, 0.6) is 0 Å². The van der Waals surface area contributed by atoms with Crippen LogP contribution in [-0.2, 0) is 6.54 Å². The summed E-state index contributed by atoms with van der Waals surface area (Å²) in [7, 11) is 1.88. The van der Waals surface area contributed by atoms with Crippen molar-refractivity contribution in [1.82, 2.24) is 9.88 Å². The minimum absolute atomic E-state index is 0.0327. The van der Waals surface area contributed by atoms with Crippen LogP contribution in [0.25, 0.3) is 0 Å². The molecule has 0 amide bonds. The number of aromatic nitrogens is 1. The Bertz CT molecular complexity index is 335. The van der Waals surface area contributed by atoms with E-state index in [1.165, 1.54) is 0 Å². The number of likely N-dealkylation sites (N-methyl/N-ethyl adjacent to an activating group) is 1. The van der Waals surface area contributed by atoms with Crippen LogP contribution in [-0.4, -0.2) is 17.7 Å². The topological polar surface area (TPSA) is 34.0 Å². The van der Waals surface area contributed by atoms with E-state index < -0.39 is 0 Å². The van der Waals surface area contributed by atoms with Gasteiger partial charge < -0.3 is 9.88 Å². The van der Waals surface area contributed by atoms with Crippen molar-refractivity contribution in [2.75, 3.05) is 7.05 Å². The van der Waals surface area contributed by atoms with E-state index in [9.17, 15) is 4.79 Å². The molecule has 0 spiro atoms. The molecule has 1 atom stereocenters. The van der Waals surface area contributed by atoms with Gasteiger partial charge in [-0.25, -0.2) is 0 Å². The first-order chi connectivity index (χ1) is 6.13. The second-order valence-corrected chi connectivity index (χ2v) is 3.94. The maximum atomic E-state index is 11.3. The zero-order valence-electron chi connectivity index (χ0n) is 7.75. The smallest absolute Gasteiger partial charge is 0.250 e. The maximum absolute atomic E-state index is 11.3. The van der Waals surface area contributed by atoms with Crippen LogP contribution in [0.1, 0.15) is 6.92 Å². The molecule has 1 aromatic rings. The van der Waals surface area contributed by atoms with Crippen molar-refractivity contribution in [3.05, 3.63) is 33.2 Å². The average Bonchev–Trinajstić information content (AvgIpc) is 2.11.